The van der Waals surface area contributed by atoms with Crippen LogP contribution in [0.3, 0.4) is 0 Å². The summed E-state index contributed by atoms with van der Waals surface area (Å²) in [6, 6.07) is 5.78. The molecule has 0 bridgehead atoms. The van der Waals surface area contributed by atoms with Crippen LogP contribution in [0.1, 0.15) is 11.1 Å². The topological polar surface area (TPSA) is 109 Å². The highest BCUT2D eigenvalue weighted by atomic mass is 127. The van der Waals surface area contributed by atoms with E-state index in [1.165, 1.54) is 12.1 Å². The van der Waals surface area contributed by atoms with Gasteiger partial charge in [0.1, 0.15) is 9.79 Å². The molecule has 0 atom stereocenters. The fourth-order valence-corrected chi connectivity index (χ4v) is 6.34. The number of hydrogen-bond donors (Lipinski definition) is 2. The molecule has 2 aromatic carbocycles. The highest BCUT2D eigenvalue weighted by Crippen LogP contribution is 2.34. The Hall–Kier alpha value is -0.280. The minimum Gasteiger partial charge on any atom is -0.282 e. The van der Waals surface area contributed by atoms with E-state index in [1.54, 1.807) is 71.2 Å². The van der Waals surface area contributed by atoms with Crippen molar-refractivity contribution in [1.29, 1.82) is 0 Å². The molecule has 130 valence electrons. The number of hydrogen-bond acceptors (Lipinski definition) is 4. The molecular formula is C14H12I2O6S2. The second kappa shape index (κ2) is 6.79. The molecule has 0 spiro atoms. The summed E-state index contributed by atoms with van der Waals surface area (Å²) >= 11 is 3.61. The first kappa shape index (κ1) is 20.0. The molecule has 0 heterocycles. The summed E-state index contributed by atoms with van der Waals surface area (Å²) in [6.45, 7) is 3.49. The van der Waals surface area contributed by atoms with E-state index in [0.717, 1.165) is 0 Å². The lowest BCUT2D eigenvalue weighted by Crippen LogP contribution is -2.05. The van der Waals surface area contributed by atoms with Crippen LogP contribution in [-0.2, 0) is 20.2 Å². The maximum Gasteiger partial charge on any atom is 0.295 e. The average molecular weight is 594 g/mol. The molecule has 2 rings (SSSR count). The molecule has 0 amide bonds. The van der Waals surface area contributed by atoms with Gasteiger partial charge in [-0.05, 0) is 106 Å². The van der Waals surface area contributed by atoms with Gasteiger partial charge in [-0.1, -0.05) is 0 Å². The smallest absolute Gasteiger partial charge is 0.282 e. The van der Waals surface area contributed by atoms with Crippen LogP contribution in [0.2, 0.25) is 0 Å². The number of rotatable bonds is 3. The van der Waals surface area contributed by atoms with Gasteiger partial charge in [0.15, 0.2) is 0 Å². The van der Waals surface area contributed by atoms with Gasteiger partial charge in [0.25, 0.3) is 20.2 Å². The molecule has 0 aliphatic rings. The van der Waals surface area contributed by atoms with Gasteiger partial charge in [0, 0.05) is 7.14 Å². The molecular weight excluding hydrogens is 582 g/mol. The van der Waals surface area contributed by atoms with Crippen LogP contribution in [-0.4, -0.2) is 25.9 Å². The minimum atomic E-state index is -4.42. The Bertz CT molecular complexity index is 958. The van der Waals surface area contributed by atoms with Crippen LogP contribution in [0.4, 0.5) is 0 Å². The minimum absolute atomic E-state index is 0.255. The van der Waals surface area contributed by atoms with E-state index in [-0.39, 0.29) is 9.79 Å². The van der Waals surface area contributed by atoms with E-state index in [2.05, 4.69) is 0 Å². The SMILES string of the molecule is Cc1cc(I)c(S(=O)(=O)O)cc1-c1cc(S(=O)(=O)O)c(I)cc1C. The Balaban J connectivity index is 2.87. The van der Waals surface area contributed by atoms with Crippen LogP contribution in [0.25, 0.3) is 11.1 Å². The van der Waals surface area contributed by atoms with E-state index in [0.29, 0.717) is 29.4 Å². The number of aryl methyl sites for hydroxylation is 2. The summed E-state index contributed by atoms with van der Waals surface area (Å²) in [5.41, 5.74) is 2.33. The number of benzene rings is 2. The zero-order chi connectivity index (χ0) is 18.4. The molecule has 0 radical (unpaired) electrons. The fourth-order valence-electron chi connectivity index (χ4n) is 2.28. The molecule has 2 N–H and O–H groups in total. The molecule has 0 aromatic heterocycles. The lowest BCUT2D eigenvalue weighted by atomic mass is 9.97. The predicted molar refractivity (Wildman–Crippen MR) is 106 cm³/mol. The van der Waals surface area contributed by atoms with Gasteiger partial charge in [-0.2, -0.15) is 16.8 Å². The highest BCUT2D eigenvalue weighted by molar-refractivity contribution is 14.1. The molecule has 6 nitrogen and oxygen atoms in total. The van der Waals surface area contributed by atoms with Gasteiger partial charge >= 0.3 is 0 Å². The second-order valence-corrected chi connectivity index (χ2v) is 10.2. The summed E-state index contributed by atoms with van der Waals surface area (Å²) in [4.78, 5) is -0.509. The van der Waals surface area contributed by atoms with E-state index in [1.807, 2.05) is 0 Å². The van der Waals surface area contributed by atoms with Gasteiger partial charge < -0.3 is 0 Å². The monoisotopic (exact) mass is 594 g/mol. The molecule has 0 unspecified atom stereocenters. The van der Waals surface area contributed by atoms with Crippen molar-refractivity contribution in [1.82, 2.24) is 0 Å². The zero-order valence-electron chi connectivity index (χ0n) is 12.4. The third-order valence-corrected chi connectivity index (χ3v) is 7.71. The predicted octanol–water partition coefficient (Wildman–Crippen LogP) is 3.67. The summed E-state index contributed by atoms with van der Waals surface area (Å²) in [5.74, 6) is 0. The molecule has 0 aliphatic carbocycles. The van der Waals surface area contributed by atoms with Gasteiger partial charge in [0.2, 0.25) is 0 Å². The van der Waals surface area contributed by atoms with Gasteiger partial charge in [-0.3, -0.25) is 9.11 Å². The Kier molecular flexibility index (Phi) is 5.67. The second-order valence-electron chi connectivity index (χ2n) is 5.15. The van der Waals surface area contributed by atoms with Crippen molar-refractivity contribution in [2.24, 2.45) is 0 Å². The third-order valence-electron chi connectivity index (χ3n) is 3.40. The van der Waals surface area contributed by atoms with Gasteiger partial charge in [-0.25, -0.2) is 0 Å². The molecule has 24 heavy (non-hydrogen) atoms. The van der Waals surface area contributed by atoms with Gasteiger partial charge in [-0.15, -0.1) is 0 Å². The van der Waals surface area contributed by atoms with Crippen molar-refractivity contribution in [3.63, 3.8) is 0 Å². The van der Waals surface area contributed by atoms with Crippen molar-refractivity contribution in [2.45, 2.75) is 23.6 Å². The molecule has 0 saturated heterocycles. The van der Waals surface area contributed by atoms with Crippen molar-refractivity contribution in [3.8, 4) is 11.1 Å². The first-order valence-electron chi connectivity index (χ1n) is 6.38. The van der Waals surface area contributed by atoms with Crippen molar-refractivity contribution < 1.29 is 25.9 Å². The fraction of sp³-hybridized carbons (Fsp3) is 0.143. The maximum absolute atomic E-state index is 11.5. The maximum atomic E-state index is 11.5. The van der Waals surface area contributed by atoms with Crippen LogP contribution < -0.4 is 0 Å². The Labute approximate surface area is 167 Å². The Morgan fingerprint density at radius 1 is 0.708 bits per heavy atom. The largest absolute Gasteiger partial charge is 0.295 e. The van der Waals surface area contributed by atoms with Crippen LogP contribution >= 0.6 is 45.2 Å². The quantitative estimate of drug-likeness (QED) is 0.415. The lowest BCUT2D eigenvalue weighted by molar-refractivity contribution is 0.480. The lowest BCUT2D eigenvalue weighted by Gasteiger charge is -2.14. The Morgan fingerprint density at radius 3 is 1.25 bits per heavy atom. The van der Waals surface area contributed by atoms with E-state index in [4.69, 9.17) is 0 Å². The van der Waals surface area contributed by atoms with Gasteiger partial charge in [0.05, 0.1) is 0 Å². The van der Waals surface area contributed by atoms with Crippen LogP contribution in [0.5, 0.6) is 0 Å². The normalized spacial score (nSPS) is 12.4. The zero-order valence-corrected chi connectivity index (χ0v) is 18.4. The van der Waals surface area contributed by atoms with E-state index >= 15 is 0 Å². The molecule has 0 saturated carbocycles. The van der Waals surface area contributed by atoms with E-state index < -0.39 is 20.2 Å². The molecule has 0 fully saturated rings. The first-order valence-corrected chi connectivity index (χ1v) is 11.4. The summed E-state index contributed by atoms with van der Waals surface area (Å²) in [7, 11) is -8.83. The highest BCUT2D eigenvalue weighted by Gasteiger charge is 2.21. The molecule has 10 heteroatoms. The van der Waals surface area contributed by atoms with E-state index in [9.17, 15) is 25.9 Å². The molecule has 2 aromatic rings. The van der Waals surface area contributed by atoms with Crippen molar-refractivity contribution in [2.75, 3.05) is 0 Å². The summed E-state index contributed by atoms with van der Waals surface area (Å²) < 4.78 is 65.5. The van der Waals surface area contributed by atoms with Crippen LogP contribution in [0, 0.1) is 21.0 Å². The Morgan fingerprint density at radius 2 is 1.00 bits per heavy atom. The van der Waals surface area contributed by atoms with Crippen LogP contribution in [0.15, 0.2) is 34.1 Å². The van der Waals surface area contributed by atoms with Crippen molar-refractivity contribution in [3.05, 3.63) is 42.5 Å². The standard InChI is InChI=1S/C14H12I2O6S2/c1-7-3-11(15)13(23(17,18)19)5-9(7)10-6-14(24(20,21)22)12(16)4-8(10)2/h3-6H,1-2H3,(H,17,18,19)(H,20,21,22). The average Bonchev–Trinajstić information content (AvgIpc) is 2.36. The molecule has 0 aliphatic heterocycles. The van der Waals surface area contributed by atoms with Crippen molar-refractivity contribution >= 4 is 65.4 Å². The summed E-state index contributed by atoms with van der Waals surface area (Å²) in [5, 5.41) is 0. The third kappa shape index (κ3) is 4.09. The number of halogens is 2. The summed E-state index contributed by atoms with van der Waals surface area (Å²) in [6.07, 6.45) is 0. The first-order chi connectivity index (χ1) is 10.8.